The predicted octanol–water partition coefficient (Wildman–Crippen LogP) is 1.61. The molecule has 23 heavy (non-hydrogen) atoms. The molecule has 1 aliphatic rings. The van der Waals surface area contributed by atoms with Crippen LogP contribution >= 0.6 is 12.4 Å². The quantitative estimate of drug-likeness (QED) is 0.781. The summed E-state index contributed by atoms with van der Waals surface area (Å²) in [7, 11) is 0. The molecule has 0 saturated carbocycles. The van der Waals surface area contributed by atoms with Crippen molar-refractivity contribution in [3.8, 4) is 11.5 Å². The Hall–Kier alpha value is -1.99. The van der Waals surface area contributed by atoms with E-state index >= 15 is 0 Å². The molecule has 1 aromatic rings. The van der Waals surface area contributed by atoms with Crippen molar-refractivity contribution < 1.29 is 24.2 Å². The van der Waals surface area contributed by atoms with E-state index in [0.717, 1.165) is 6.42 Å². The fourth-order valence-electron chi connectivity index (χ4n) is 2.25. The number of anilines is 1. The maximum atomic E-state index is 12.0. The summed E-state index contributed by atoms with van der Waals surface area (Å²) in [4.78, 5) is 24.4. The third-order valence-electron chi connectivity index (χ3n) is 3.09. The molecule has 0 saturated heterocycles. The van der Waals surface area contributed by atoms with Crippen LogP contribution in [0.4, 0.5) is 5.69 Å². The van der Waals surface area contributed by atoms with E-state index in [1.807, 2.05) is 6.92 Å². The van der Waals surface area contributed by atoms with Crippen molar-refractivity contribution in [1.82, 2.24) is 4.90 Å². The summed E-state index contributed by atoms with van der Waals surface area (Å²) >= 11 is 0. The van der Waals surface area contributed by atoms with E-state index in [0.29, 0.717) is 36.9 Å². The van der Waals surface area contributed by atoms with E-state index in [-0.39, 0.29) is 31.4 Å². The van der Waals surface area contributed by atoms with Gasteiger partial charge in [-0.25, -0.2) is 0 Å². The Bertz CT molecular complexity index is 553. The molecule has 128 valence electrons. The molecule has 1 heterocycles. The second-order valence-corrected chi connectivity index (χ2v) is 5.01. The first-order chi connectivity index (χ1) is 10.6. The first-order valence-corrected chi connectivity index (χ1v) is 7.22. The molecular weight excluding hydrogens is 324 g/mol. The normalized spacial score (nSPS) is 12.4. The number of halogens is 1. The molecular formula is C15H21ClN2O5. The Morgan fingerprint density at radius 1 is 1.22 bits per heavy atom. The smallest absolute Gasteiger partial charge is 0.317 e. The number of ether oxygens (including phenoxy) is 2. The second-order valence-electron chi connectivity index (χ2n) is 5.01. The summed E-state index contributed by atoms with van der Waals surface area (Å²) in [5, 5.41) is 11.6. The summed E-state index contributed by atoms with van der Waals surface area (Å²) in [6.45, 7) is 3.37. The van der Waals surface area contributed by atoms with Crippen LogP contribution in [0.25, 0.3) is 0 Å². The Balaban J connectivity index is 0.00000264. The summed E-state index contributed by atoms with van der Waals surface area (Å²) in [5.74, 6) is 0.0506. The summed E-state index contributed by atoms with van der Waals surface area (Å²) in [5.41, 5.74) is 0.598. The number of carboxylic acid groups (broad SMARTS) is 1. The van der Waals surface area contributed by atoms with Crippen LogP contribution in [0.2, 0.25) is 0 Å². The van der Waals surface area contributed by atoms with Gasteiger partial charge in [-0.2, -0.15) is 0 Å². The van der Waals surface area contributed by atoms with Crippen molar-refractivity contribution >= 4 is 30.0 Å². The van der Waals surface area contributed by atoms with Crippen LogP contribution in [0.3, 0.4) is 0 Å². The Kier molecular flexibility index (Phi) is 7.64. The van der Waals surface area contributed by atoms with Crippen molar-refractivity contribution in [1.29, 1.82) is 0 Å². The van der Waals surface area contributed by atoms with E-state index in [1.165, 1.54) is 0 Å². The van der Waals surface area contributed by atoms with Gasteiger partial charge in [-0.3, -0.25) is 14.5 Å². The zero-order chi connectivity index (χ0) is 15.9. The van der Waals surface area contributed by atoms with Crippen LogP contribution in [-0.4, -0.2) is 54.7 Å². The average Bonchev–Trinajstić information content (AvgIpc) is 2.46. The highest BCUT2D eigenvalue weighted by Gasteiger charge is 2.15. The molecule has 0 unspecified atom stereocenters. The second kappa shape index (κ2) is 9.22. The number of carboxylic acids is 1. The molecule has 0 atom stereocenters. The van der Waals surface area contributed by atoms with Crippen molar-refractivity contribution in [3.63, 3.8) is 0 Å². The highest BCUT2D eigenvalue weighted by molar-refractivity contribution is 5.92. The highest BCUT2D eigenvalue weighted by atomic mass is 35.5. The Morgan fingerprint density at radius 3 is 2.57 bits per heavy atom. The largest absolute Gasteiger partial charge is 0.486 e. The molecule has 8 heteroatoms. The van der Waals surface area contributed by atoms with E-state index in [4.69, 9.17) is 14.6 Å². The van der Waals surface area contributed by atoms with Gasteiger partial charge in [0.1, 0.15) is 13.2 Å². The number of hydrogen-bond acceptors (Lipinski definition) is 5. The average molecular weight is 345 g/mol. The summed E-state index contributed by atoms with van der Waals surface area (Å²) < 4.78 is 10.9. The number of aliphatic carboxylic acids is 1. The number of amides is 1. The third-order valence-corrected chi connectivity index (χ3v) is 3.09. The van der Waals surface area contributed by atoms with Gasteiger partial charge in [-0.05, 0) is 25.1 Å². The van der Waals surface area contributed by atoms with Crippen LogP contribution in [0.15, 0.2) is 18.2 Å². The van der Waals surface area contributed by atoms with Crippen molar-refractivity contribution in [2.45, 2.75) is 13.3 Å². The van der Waals surface area contributed by atoms with Crippen LogP contribution in [0.1, 0.15) is 13.3 Å². The molecule has 7 nitrogen and oxygen atoms in total. The molecule has 0 radical (unpaired) electrons. The molecule has 1 aromatic carbocycles. The molecule has 0 spiro atoms. The molecule has 0 bridgehead atoms. The first-order valence-electron chi connectivity index (χ1n) is 7.22. The van der Waals surface area contributed by atoms with E-state index in [9.17, 15) is 9.59 Å². The van der Waals surface area contributed by atoms with Gasteiger partial charge < -0.3 is 19.9 Å². The molecule has 0 fully saturated rings. The number of carbonyl (C=O) groups excluding carboxylic acids is 1. The van der Waals surface area contributed by atoms with Gasteiger partial charge in [0.2, 0.25) is 5.91 Å². The predicted molar refractivity (Wildman–Crippen MR) is 87.7 cm³/mol. The number of hydrogen-bond donors (Lipinski definition) is 2. The molecule has 1 aliphatic heterocycles. The van der Waals surface area contributed by atoms with E-state index in [2.05, 4.69) is 5.32 Å². The van der Waals surface area contributed by atoms with E-state index in [1.54, 1.807) is 23.1 Å². The minimum absolute atomic E-state index is 0. The lowest BCUT2D eigenvalue weighted by Crippen LogP contribution is -2.37. The number of fused-ring (bicyclic) bond motifs is 1. The fourth-order valence-corrected chi connectivity index (χ4v) is 2.25. The van der Waals surface area contributed by atoms with Gasteiger partial charge in [-0.15, -0.1) is 12.4 Å². The standard InChI is InChI=1S/C15H20N2O5.ClH/c1-2-5-17(10-15(19)20)9-14(18)16-11-3-4-12-13(8-11)22-7-6-21-12;/h3-4,8H,2,5-7,9-10H2,1H3,(H,16,18)(H,19,20);1H. The van der Waals surface area contributed by atoms with Gasteiger partial charge in [0, 0.05) is 11.8 Å². The van der Waals surface area contributed by atoms with Gasteiger partial charge in [0.15, 0.2) is 11.5 Å². The molecule has 2 rings (SSSR count). The van der Waals surface area contributed by atoms with Gasteiger partial charge in [0.05, 0.1) is 13.1 Å². The first kappa shape index (κ1) is 19.1. The fraction of sp³-hybridized carbons (Fsp3) is 0.467. The molecule has 0 aliphatic carbocycles. The van der Waals surface area contributed by atoms with Crippen LogP contribution in [-0.2, 0) is 9.59 Å². The maximum Gasteiger partial charge on any atom is 0.317 e. The van der Waals surface area contributed by atoms with Gasteiger partial charge >= 0.3 is 5.97 Å². The number of carbonyl (C=O) groups is 2. The minimum Gasteiger partial charge on any atom is -0.486 e. The van der Waals surface area contributed by atoms with Gasteiger partial charge in [0.25, 0.3) is 0 Å². The van der Waals surface area contributed by atoms with Crippen LogP contribution in [0, 0.1) is 0 Å². The minimum atomic E-state index is -0.944. The Morgan fingerprint density at radius 2 is 1.91 bits per heavy atom. The number of nitrogens with zero attached hydrogens (tertiary/aromatic N) is 1. The molecule has 0 aromatic heterocycles. The SMILES string of the molecule is CCCN(CC(=O)O)CC(=O)Nc1ccc2c(c1)OCCO2.Cl. The molecule has 1 amide bonds. The maximum absolute atomic E-state index is 12.0. The zero-order valence-corrected chi connectivity index (χ0v) is 13.7. The topological polar surface area (TPSA) is 88.1 Å². The number of benzene rings is 1. The van der Waals surface area contributed by atoms with Crippen molar-refractivity contribution in [3.05, 3.63) is 18.2 Å². The van der Waals surface area contributed by atoms with Crippen molar-refractivity contribution in [2.75, 3.05) is 38.2 Å². The lowest BCUT2D eigenvalue weighted by Gasteiger charge is -2.20. The van der Waals surface area contributed by atoms with Gasteiger partial charge in [-0.1, -0.05) is 6.92 Å². The van der Waals surface area contributed by atoms with E-state index < -0.39 is 5.97 Å². The highest BCUT2D eigenvalue weighted by Crippen LogP contribution is 2.32. The van der Waals surface area contributed by atoms with Crippen LogP contribution in [0.5, 0.6) is 11.5 Å². The monoisotopic (exact) mass is 344 g/mol. The van der Waals surface area contributed by atoms with Crippen molar-refractivity contribution in [2.24, 2.45) is 0 Å². The summed E-state index contributed by atoms with van der Waals surface area (Å²) in [6.07, 6.45) is 0.782. The summed E-state index contributed by atoms with van der Waals surface area (Å²) in [6, 6.07) is 5.17. The number of nitrogens with one attached hydrogen (secondary N) is 1. The molecule has 2 N–H and O–H groups in total. The Labute approximate surface area is 141 Å². The lowest BCUT2D eigenvalue weighted by atomic mass is 10.2. The zero-order valence-electron chi connectivity index (χ0n) is 12.9. The van der Waals surface area contributed by atoms with Crippen LogP contribution < -0.4 is 14.8 Å². The third kappa shape index (κ3) is 5.96. The number of rotatable bonds is 7. The lowest BCUT2D eigenvalue weighted by molar-refractivity contribution is -0.138.